The van der Waals surface area contributed by atoms with Gasteiger partial charge >= 0.3 is 11.9 Å². The number of carboxylic acid groups (broad SMARTS) is 1. The smallest absolute Gasteiger partial charge is 0.323 e. The van der Waals surface area contributed by atoms with Crippen molar-refractivity contribution >= 4 is 23.0 Å². The van der Waals surface area contributed by atoms with Crippen molar-refractivity contribution in [3.63, 3.8) is 0 Å². The quantitative estimate of drug-likeness (QED) is 0.823. The highest BCUT2D eigenvalue weighted by molar-refractivity contribution is 5.81. The van der Waals surface area contributed by atoms with Gasteiger partial charge in [0.1, 0.15) is 18.0 Å². The molecule has 0 unspecified atom stereocenters. The fourth-order valence-electron chi connectivity index (χ4n) is 2.61. The van der Waals surface area contributed by atoms with Gasteiger partial charge < -0.3 is 14.4 Å². The van der Waals surface area contributed by atoms with Gasteiger partial charge in [-0.25, -0.2) is 4.98 Å². The number of benzene rings is 1. The summed E-state index contributed by atoms with van der Waals surface area (Å²) in [6.07, 6.45) is 1.76. The molecule has 0 bridgehead atoms. The summed E-state index contributed by atoms with van der Waals surface area (Å²) >= 11 is 0. The van der Waals surface area contributed by atoms with Crippen molar-refractivity contribution in [3.8, 4) is 0 Å². The molecule has 0 atom stereocenters. The molecule has 0 saturated heterocycles. The van der Waals surface area contributed by atoms with Gasteiger partial charge in [0.05, 0.1) is 17.5 Å². The van der Waals surface area contributed by atoms with Crippen LogP contribution in [0.4, 0.5) is 0 Å². The van der Waals surface area contributed by atoms with E-state index in [4.69, 9.17) is 9.84 Å². The number of carbonyl (C=O) groups excluding carboxylic acids is 1. The highest BCUT2D eigenvalue weighted by atomic mass is 16.6. The van der Waals surface area contributed by atoms with Gasteiger partial charge in [-0.1, -0.05) is 13.0 Å². The van der Waals surface area contributed by atoms with E-state index in [2.05, 4.69) is 4.98 Å². The number of fused-ring (bicyclic) bond motifs is 1. The van der Waals surface area contributed by atoms with Crippen molar-refractivity contribution < 1.29 is 19.4 Å². The first kappa shape index (κ1) is 18.0. The molecule has 1 aromatic carbocycles. The zero-order valence-electron chi connectivity index (χ0n) is 14.6. The van der Waals surface area contributed by atoms with Crippen molar-refractivity contribution in [1.82, 2.24) is 9.55 Å². The predicted octanol–water partition coefficient (Wildman–Crippen LogP) is 2.96. The van der Waals surface area contributed by atoms with E-state index >= 15 is 0 Å². The first-order chi connectivity index (χ1) is 11.2. The molecule has 6 heteroatoms. The van der Waals surface area contributed by atoms with Crippen molar-refractivity contribution in [3.05, 3.63) is 29.6 Å². The number of aryl methyl sites for hydroxylation is 1. The van der Waals surface area contributed by atoms with E-state index in [1.165, 1.54) is 0 Å². The number of aromatic nitrogens is 2. The summed E-state index contributed by atoms with van der Waals surface area (Å²) in [6.45, 7) is 7.41. The minimum absolute atomic E-state index is 0.114. The van der Waals surface area contributed by atoms with E-state index in [0.29, 0.717) is 11.9 Å². The fraction of sp³-hybridized carbons (Fsp3) is 0.500. The molecule has 2 aromatic rings. The number of hydrogen-bond donors (Lipinski definition) is 1. The van der Waals surface area contributed by atoms with Gasteiger partial charge in [-0.2, -0.15) is 0 Å². The molecular weight excluding hydrogens is 308 g/mol. The number of carboxylic acids is 1. The second kappa shape index (κ2) is 7.03. The summed E-state index contributed by atoms with van der Waals surface area (Å²) in [4.78, 5) is 27.6. The predicted molar refractivity (Wildman–Crippen MR) is 90.9 cm³/mol. The lowest BCUT2D eigenvalue weighted by Crippen LogP contribution is -2.24. The average molecular weight is 332 g/mol. The van der Waals surface area contributed by atoms with Crippen molar-refractivity contribution in [1.29, 1.82) is 0 Å². The Hall–Kier alpha value is -2.37. The van der Waals surface area contributed by atoms with Crippen LogP contribution >= 0.6 is 0 Å². The Balaban J connectivity index is 2.30. The number of rotatable bonds is 6. The standard InChI is InChI=1S/C18H24N2O4/c1-5-6-15-19-13-9-12(10-17(23)24-18(2,3)4)7-8-14(13)20(15)11-16(21)22/h7-9H,5-6,10-11H2,1-4H3,(H,21,22). The molecule has 1 N–H and O–H groups in total. The molecule has 2 rings (SSSR count). The summed E-state index contributed by atoms with van der Waals surface area (Å²) in [7, 11) is 0. The van der Waals surface area contributed by atoms with Crippen LogP contribution in [0.25, 0.3) is 11.0 Å². The number of esters is 1. The molecule has 0 saturated carbocycles. The molecule has 0 amide bonds. The van der Waals surface area contributed by atoms with Crippen LogP contribution in [0.1, 0.15) is 45.5 Å². The molecule has 0 radical (unpaired) electrons. The highest BCUT2D eigenvalue weighted by Crippen LogP contribution is 2.20. The minimum Gasteiger partial charge on any atom is -0.480 e. The molecule has 1 aromatic heterocycles. The zero-order chi connectivity index (χ0) is 17.9. The van der Waals surface area contributed by atoms with Gasteiger partial charge in [-0.3, -0.25) is 9.59 Å². The van der Waals surface area contributed by atoms with E-state index < -0.39 is 11.6 Å². The lowest BCUT2D eigenvalue weighted by atomic mass is 10.1. The maximum Gasteiger partial charge on any atom is 0.323 e. The maximum atomic E-state index is 12.0. The zero-order valence-corrected chi connectivity index (χ0v) is 14.6. The van der Waals surface area contributed by atoms with E-state index in [9.17, 15) is 9.59 Å². The minimum atomic E-state index is -0.899. The van der Waals surface area contributed by atoms with Crippen LogP contribution in [0.5, 0.6) is 0 Å². The number of aliphatic carboxylic acids is 1. The van der Waals surface area contributed by atoms with Crippen LogP contribution in [0.2, 0.25) is 0 Å². The van der Waals surface area contributed by atoms with Gasteiger partial charge in [-0.05, 0) is 44.9 Å². The molecule has 130 valence electrons. The first-order valence-corrected chi connectivity index (χ1v) is 8.11. The molecule has 6 nitrogen and oxygen atoms in total. The summed E-state index contributed by atoms with van der Waals surface area (Å²) in [6, 6.07) is 5.48. The molecule has 0 aliphatic carbocycles. The highest BCUT2D eigenvalue weighted by Gasteiger charge is 2.18. The van der Waals surface area contributed by atoms with Crippen molar-refractivity contribution in [2.75, 3.05) is 0 Å². The largest absolute Gasteiger partial charge is 0.480 e. The number of ether oxygens (including phenoxy) is 1. The van der Waals surface area contributed by atoms with Crippen LogP contribution in [-0.4, -0.2) is 32.2 Å². The van der Waals surface area contributed by atoms with Gasteiger partial charge in [0.2, 0.25) is 0 Å². The van der Waals surface area contributed by atoms with Crippen LogP contribution < -0.4 is 0 Å². The van der Waals surface area contributed by atoms with Gasteiger partial charge in [0.25, 0.3) is 0 Å². The van der Waals surface area contributed by atoms with E-state index in [0.717, 1.165) is 23.3 Å². The number of nitrogens with zero attached hydrogens (tertiary/aromatic N) is 2. The molecule has 0 fully saturated rings. The van der Waals surface area contributed by atoms with Gasteiger partial charge in [0, 0.05) is 6.42 Å². The van der Waals surface area contributed by atoms with Crippen molar-refractivity contribution in [2.45, 2.75) is 59.1 Å². The Kier molecular flexibility index (Phi) is 5.26. The third-order valence-electron chi connectivity index (χ3n) is 3.43. The van der Waals surface area contributed by atoms with Crippen LogP contribution in [-0.2, 0) is 33.7 Å². The first-order valence-electron chi connectivity index (χ1n) is 8.11. The summed E-state index contributed by atoms with van der Waals surface area (Å²) in [5.74, 6) is -0.436. The van der Waals surface area contributed by atoms with E-state index in [1.807, 2.05) is 45.9 Å². The maximum absolute atomic E-state index is 12.0. The van der Waals surface area contributed by atoms with Crippen LogP contribution in [0.3, 0.4) is 0 Å². The Labute approximate surface area is 141 Å². The van der Waals surface area contributed by atoms with Crippen LogP contribution in [0.15, 0.2) is 18.2 Å². The lowest BCUT2D eigenvalue weighted by Gasteiger charge is -2.19. The fourth-order valence-corrected chi connectivity index (χ4v) is 2.61. The normalized spacial score (nSPS) is 11.7. The Morgan fingerprint density at radius 1 is 1.29 bits per heavy atom. The summed E-state index contributed by atoms with van der Waals surface area (Å²) < 4.78 is 7.05. The summed E-state index contributed by atoms with van der Waals surface area (Å²) in [5.41, 5.74) is 1.77. The Bertz CT molecular complexity index is 756. The lowest BCUT2D eigenvalue weighted by molar-refractivity contribution is -0.153. The third-order valence-corrected chi connectivity index (χ3v) is 3.43. The van der Waals surface area contributed by atoms with Crippen molar-refractivity contribution in [2.24, 2.45) is 0 Å². The summed E-state index contributed by atoms with van der Waals surface area (Å²) in [5, 5.41) is 9.11. The number of imidazole rings is 1. The SMILES string of the molecule is CCCc1nc2cc(CC(=O)OC(C)(C)C)ccc2n1CC(=O)O. The topological polar surface area (TPSA) is 81.4 Å². The molecule has 0 spiro atoms. The number of carbonyl (C=O) groups is 2. The van der Waals surface area contributed by atoms with E-state index in [1.54, 1.807) is 4.57 Å². The molecule has 24 heavy (non-hydrogen) atoms. The third kappa shape index (κ3) is 4.57. The van der Waals surface area contributed by atoms with Crippen LogP contribution in [0, 0.1) is 0 Å². The second-order valence-corrected chi connectivity index (χ2v) is 6.84. The Morgan fingerprint density at radius 2 is 2.00 bits per heavy atom. The average Bonchev–Trinajstić information content (AvgIpc) is 2.73. The Morgan fingerprint density at radius 3 is 2.58 bits per heavy atom. The second-order valence-electron chi connectivity index (χ2n) is 6.84. The molecular formula is C18H24N2O4. The van der Waals surface area contributed by atoms with E-state index in [-0.39, 0.29) is 18.9 Å². The molecule has 0 aliphatic heterocycles. The number of hydrogen-bond acceptors (Lipinski definition) is 4. The molecule has 0 aliphatic rings. The van der Waals surface area contributed by atoms with Gasteiger partial charge in [0.15, 0.2) is 0 Å². The molecule has 1 heterocycles. The van der Waals surface area contributed by atoms with Gasteiger partial charge in [-0.15, -0.1) is 0 Å². The monoisotopic (exact) mass is 332 g/mol.